The summed E-state index contributed by atoms with van der Waals surface area (Å²) in [6.07, 6.45) is 6.95. The Kier molecular flexibility index (Phi) is 6.11. The molecule has 0 saturated carbocycles. The molecule has 1 amide bonds. The third-order valence-electron chi connectivity index (χ3n) is 6.83. The van der Waals surface area contributed by atoms with E-state index in [0.717, 1.165) is 75.6 Å². The SMILES string of the molecule is CCn1ccc(C(=O)N2CCCCC2c2nc(C)c3c(n2)N(Cc2ccccc2)CCC3)n1. The Labute approximate surface area is 195 Å². The van der Waals surface area contributed by atoms with E-state index in [0.29, 0.717) is 5.69 Å². The lowest BCUT2D eigenvalue weighted by molar-refractivity contribution is 0.0592. The van der Waals surface area contributed by atoms with Crippen LogP contribution in [-0.2, 0) is 19.5 Å². The average Bonchev–Trinajstić information content (AvgIpc) is 3.34. The fourth-order valence-electron chi connectivity index (χ4n) is 5.06. The van der Waals surface area contributed by atoms with Crippen LogP contribution in [0.15, 0.2) is 42.6 Å². The summed E-state index contributed by atoms with van der Waals surface area (Å²) >= 11 is 0. The van der Waals surface area contributed by atoms with E-state index in [9.17, 15) is 4.79 Å². The van der Waals surface area contributed by atoms with Crippen molar-refractivity contribution in [3.8, 4) is 0 Å². The topological polar surface area (TPSA) is 67.2 Å². The Morgan fingerprint density at radius 2 is 1.91 bits per heavy atom. The number of piperidine rings is 1. The molecule has 0 aliphatic carbocycles. The fraction of sp³-hybridized carbons (Fsp3) is 0.462. The molecule has 172 valence electrons. The van der Waals surface area contributed by atoms with Gasteiger partial charge in [-0.3, -0.25) is 9.48 Å². The van der Waals surface area contributed by atoms with Crippen LogP contribution in [0.5, 0.6) is 0 Å². The third-order valence-corrected chi connectivity index (χ3v) is 6.83. The van der Waals surface area contributed by atoms with Gasteiger partial charge in [-0.05, 0) is 57.6 Å². The second-order valence-corrected chi connectivity index (χ2v) is 9.05. The quantitative estimate of drug-likeness (QED) is 0.586. The molecule has 0 spiro atoms. The molecule has 4 heterocycles. The maximum atomic E-state index is 13.4. The number of carbonyl (C=O) groups is 1. The number of anilines is 1. The van der Waals surface area contributed by atoms with Gasteiger partial charge >= 0.3 is 0 Å². The van der Waals surface area contributed by atoms with E-state index in [1.807, 2.05) is 24.1 Å². The molecule has 3 aromatic rings. The van der Waals surface area contributed by atoms with Gasteiger partial charge in [-0.15, -0.1) is 0 Å². The molecule has 33 heavy (non-hydrogen) atoms. The standard InChI is InChI=1S/C26H32N6O/c1-3-31-17-14-22(29-31)26(33)32-16-8-7-13-23(32)24-27-19(2)21-12-9-15-30(25(21)28-24)18-20-10-5-4-6-11-20/h4-6,10-11,14,17,23H,3,7-9,12-13,15-16,18H2,1-2H3. The van der Waals surface area contributed by atoms with Gasteiger partial charge in [-0.1, -0.05) is 30.3 Å². The monoisotopic (exact) mass is 444 g/mol. The average molecular weight is 445 g/mol. The van der Waals surface area contributed by atoms with Crippen LogP contribution in [-0.4, -0.2) is 43.6 Å². The van der Waals surface area contributed by atoms with Crippen LogP contribution in [0.3, 0.4) is 0 Å². The highest BCUT2D eigenvalue weighted by molar-refractivity contribution is 5.92. The molecule has 7 nitrogen and oxygen atoms in total. The number of benzene rings is 1. The Bertz CT molecular complexity index is 1130. The lowest BCUT2D eigenvalue weighted by atomic mass is 9.99. The zero-order valence-corrected chi connectivity index (χ0v) is 19.6. The second kappa shape index (κ2) is 9.33. The van der Waals surface area contributed by atoms with Crippen molar-refractivity contribution in [1.82, 2.24) is 24.6 Å². The second-order valence-electron chi connectivity index (χ2n) is 9.05. The highest BCUT2D eigenvalue weighted by Gasteiger charge is 2.33. The van der Waals surface area contributed by atoms with Gasteiger partial charge in [0.2, 0.25) is 0 Å². The van der Waals surface area contributed by atoms with E-state index in [1.54, 1.807) is 4.68 Å². The first kappa shape index (κ1) is 21.6. The largest absolute Gasteiger partial charge is 0.352 e. The van der Waals surface area contributed by atoms with Crippen molar-refractivity contribution < 1.29 is 4.79 Å². The first-order chi connectivity index (χ1) is 16.1. The van der Waals surface area contributed by atoms with Crippen molar-refractivity contribution in [1.29, 1.82) is 0 Å². The molecule has 1 atom stereocenters. The fourth-order valence-corrected chi connectivity index (χ4v) is 5.06. The van der Waals surface area contributed by atoms with Crippen LogP contribution in [0, 0.1) is 6.92 Å². The van der Waals surface area contributed by atoms with E-state index >= 15 is 0 Å². The molecular weight excluding hydrogens is 412 g/mol. The Morgan fingerprint density at radius 1 is 1.06 bits per heavy atom. The zero-order valence-electron chi connectivity index (χ0n) is 19.6. The summed E-state index contributed by atoms with van der Waals surface area (Å²) in [6.45, 7) is 7.41. The first-order valence-electron chi connectivity index (χ1n) is 12.1. The van der Waals surface area contributed by atoms with Crippen molar-refractivity contribution in [2.75, 3.05) is 18.0 Å². The third kappa shape index (κ3) is 4.36. The highest BCUT2D eigenvalue weighted by Crippen LogP contribution is 2.34. The first-order valence-corrected chi connectivity index (χ1v) is 12.1. The van der Waals surface area contributed by atoms with Crippen LogP contribution >= 0.6 is 0 Å². The number of fused-ring (bicyclic) bond motifs is 1. The molecule has 2 aliphatic heterocycles. The van der Waals surface area contributed by atoms with E-state index in [4.69, 9.17) is 9.97 Å². The minimum atomic E-state index is -0.109. The van der Waals surface area contributed by atoms with Crippen molar-refractivity contribution in [2.24, 2.45) is 0 Å². The van der Waals surface area contributed by atoms with Gasteiger partial charge in [0.05, 0.1) is 6.04 Å². The highest BCUT2D eigenvalue weighted by atomic mass is 16.2. The van der Waals surface area contributed by atoms with Gasteiger partial charge in [0, 0.05) is 43.6 Å². The summed E-state index contributed by atoms with van der Waals surface area (Å²) in [7, 11) is 0. The summed E-state index contributed by atoms with van der Waals surface area (Å²) in [4.78, 5) is 27.8. The molecule has 1 fully saturated rings. The molecule has 2 aromatic heterocycles. The van der Waals surface area contributed by atoms with Crippen LogP contribution in [0.25, 0.3) is 0 Å². The molecule has 0 bridgehead atoms. The number of aromatic nitrogens is 4. The van der Waals surface area contributed by atoms with Gasteiger partial charge in [-0.2, -0.15) is 5.10 Å². The van der Waals surface area contributed by atoms with Crippen LogP contribution in [0.2, 0.25) is 0 Å². The van der Waals surface area contributed by atoms with Crippen LogP contribution in [0.1, 0.15) is 71.8 Å². The minimum absolute atomic E-state index is 0.0213. The molecule has 5 rings (SSSR count). The smallest absolute Gasteiger partial charge is 0.274 e. The number of hydrogen-bond acceptors (Lipinski definition) is 5. The Balaban J connectivity index is 1.47. The molecule has 7 heteroatoms. The maximum absolute atomic E-state index is 13.4. The minimum Gasteiger partial charge on any atom is -0.352 e. The summed E-state index contributed by atoms with van der Waals surface area (Å²) in [5.41, 5.74) is 4.07. The van der Waals surface area contributed by atoms with Crippen molar-refractivity contribution >= 4 is 11.7 Å². The molecule has 0 radical (unpaired) electrons. The normalized spacial score (nSPS) is 18.3. The molecule has 1 unspecified atom stereocenters. The van der Waals surface area contributed by atoms with Crippen LogP contribution in [0.4, 0.5) is 5.82 Å². The maximum Gasteiger partial charge on any atom is 0.274 e. The van der Waals surface area contributed by atoms with Crippen molar-refractivity contribution in [3.05, 3.63) is 70.9 Å². The van der Waals surface area contributed by atoms with E-state index in [-0.39, 0.29) is 11.9 Å². The number of nitrogens with zero attached hydrogens (tertiary/aromatic N) is 6. The number of rotatable bonds is 5. The van der Waals surface area contributed by atoms with Gasteiger partial charge in [-0.25, -0.2) is 9.97 Å². The lowest BCUT2D eigenvalue weighted by Crippen LogP contribution is -2.40. The molecule has 1 saturated heterocycles. The number of amides is 1. The van der Waals surface area contributed by atoms with Gasteiger partial charge in [0.25, 0.3) is 5.91 Å². The number of hydrogen-bond donors (Lipinski definition) is 0. The number of aryl methyl sites for hydroxylation is 2. The Morgan fingerprint density at radius 3 is 2.70 bits per heavy atom. The Hall–Kier alpha value is -3.22. The molecular formula is C26H32N6O. The van der Waals surface area contributed by atoms with Crippen LogP contribution < -0.4 is 4.90 Å². The summed E-state index contributed by atoms with van der Waals surface area (Å²) in [5.74, 6) is 1.79. The molecule has 1 aromatic carbocycles. The predicted octanol–water partition coefficient (Wildman–Crippen LogP) is 4.32. The molecule has 0 N–H and O–H groups in total. The van der Waals surface area contributed by atoms with E-state index < -0.39 is 0 Å². The molecule has 2 aliphatic rings. The van der Waals surface area contributed by atoms with Crippen molar-refractivity contribution in [2.45, 2.75) is 65.1 Å². The van der Waals surface area contributed by atoms with Crippen molar-refractivity contribution in [3.63, 3.8) is 0 Å². The predicted molar refractivity (Wildman–Crippen MR) is 128 cm³/mol. The van der Waals surface area contributed by atoms with Gasteiger partial charge < -0.3 is 9.80 Å². The summed E-state index contributed by atoms with van der Waals surface area (Å²) < 4.78 is 1.80. The number of likely N-dealkylation sites (tertiary alicyclic amines) is 1. The van der Waals surface area contributed by atoms with Gasteiger partial charge in [0.1, 0.15) is 11.5 Å². The van der Waals surface area contributed by atoms with E-state index in [2.05, 4.69) is 47.3 Å². The number of carbonyl (C=O) groups excluding carboxylic acids is 1. The summed E-state index contributed by atoms with van der Waals surface area (Å²) in [5, 5.41) is 4.46. The van der Waals surface area contributed by atoms with Gasteiger partial charge in [0.15, 0.2) is 5.82 Å². The zero-order chi connectivity index (χ0) is 22.8. The van der Waals surface area contributed by atoms with E-state index in [1.165, 1.54) is 11.1 Å². The summed E-state index contributed by atoms with van der Waals surface area (Å²) in [6, 6.07) is 12.3. The lowest BCUT2D eigenvalue weighted by Gasteiger charge is -2.36.